The molecule has 2 N–H and O–H groups in total. The van der Waals surface area contributed by atoms with E-state index in [4.69, 9.17) is 39.9 Å². The lowest BCUT2D eigenvalue weighted by Gasteiger charge is -2.16. The number of carbonyl (C=O) groups excluding carboxylic acids is 1. The van der Waals surface area contributed by atoms with Crippen LogP contribution in [0.15, 0.2) is 24.3 Å². The Morgan fingerprint density at radius 2 is 2.06 bits per heavy atom. The Hall–Kier alpha value is -0.910. The molecule has 1 atom stereocenters. The number of nitrogens with one attached hydrogen (secondary N) is 1. The molecule has 0 heterocycles. The highest BCUT2D eigenvalue weighted by molar-refractivity contribution is 6.67. The van der Waals surface area contributed by atoms with Crippen molar-refractivity contribution in [2.45, 2.75) is 16.8 Å². The van der Waals surface area contributed by atoms with Crippen molar-refractivity contribution < 1.29 is 19.4 Å². The van der Waals surface area contributed by atoms with Crippen LogP contribution in [0.5, 0.6) is 0 Å². The number of rotatable bonds is 5. The van der Waals surface area contributed by atoms with Gasteiger partial charge in [-0.3, -0.25) is 0 Å². The van der Waals surface area contributed by atoms with Crippen LogP contribution < -0.4 is 5.32 Å². The lowest BCUT2D eigenvalue weighted by atomic mass is 10.1. The molecule has 1 amide bonds. The van der Waals surface area contributed by atoms with Crippen molar-refractivity contribution in [2.24, 2.45) is 0 Å². The minimum atomic E-state index is -1.75. The molecule has 18 heavy (non-hydrogen) atoms. The lowest BCUT2D eigenvalue weighted by molar-refractivity contribution is -0.138. The molecule has 0 fully saturated rings. The van der Waals surface area contributed by atoms with Gasteiger partial charge in [0.15, 0.2) is 6.04 Å². The van der Waals surface area contributed by atoms with Crippen LogP contribution in [0.3, 0.4) is 0 Å². The van der Waals surface area contributed by atoms with Crippen molar-refractivity contribution in [1.29, 1.82) is 0 Å². The normalized spacial score (nSPS) is 13.7. The zero-order valence-corrected chi connectivity index (χ0v) is 11.7. The highest BCUT2D eigenvalue weighted by atomic mass is 35.6. The maximum absolute atomic E-state index is 11.3. The average molecular weight is 317 g/mol. The highest BCUT2D eigenvalue weighted by Crippen LogP contribution is 2.25. The van der Waals surface area contributed by atoms with Gasteiger partial charge in [0.1, 0.15) is 6.61 Å². The molecule has 1 unspecified atom stereocenters. The van der Waals surface area contributed by atoms with E-state index in [1.807, 2.05) is 0 Å². The molecule has 0 aromatic rings. The number of hydrogen-bond acceptors (Lipinski definition) is 3. The fraction of sp³-hybridized carbons (Fsp3) is 0.400. The van der Waals surface area contributed by atoms with Crippen molar-refractivity contribution in [3.05, 3.63) is 24.3 Å². The Kier molecular flexibility index (Phi) is 7.13. The molecule has 0 saturated carbocycles. The number of alkyl halides is 3. The number of ether oxygens (including phenoxy) is 1. The molecule has 0 aliphatic heterocycles. The monoisotopic (exact) mass is 315 g/mol. The molecule has 0 rings (SSSR count). The summed E-state index contributed by atoms with van der Waals surface area (Å²) >= 11 is 16.1. The largest absolute Gasteiger partial charge is 0.479 e. The van der Waals surface area contributed by atoms with Crippen LogP contribution in [0.1, 0.15) is 6.92 Å². The number of carboxylic acids is 1. The van der Waals surface area contributed by atoms with Gasteiger partial charge in [-0.25, -0.2) is 9.59 Å². The molecule has 0 aliphatic carbocycles. The van der Waals surface area contributed by atoms with Crippen LogP contribution in [0, 0.1) is 0 Å². The maximum atomic E-state index is 11.3. The number of alkyl carbamates (subject to hydrolysis) is 1. The Morgan fingerprint density at radius 3 is 2.44 bits per heavy atom. The van der Waals surface area contributed by atoms with Gasteiger partial charge >= 0.3 is 12.1 Å². The molecule has 0 saturated heterocycles. The first-order valence-electron chi connectivity index (χ1n) is 4.69. The topological polar surface area (TPSA) is 75.6 Å². The molecular formula is C10H12Cl3NO4. The van der Waals surface area contributed by atoms with Crippen LogP contribution in [0.25, 0.3) is 0 Å². The predicted molar refractivity (Wildman–Crippen MR) is 70.2 cm³/mol. The zero-order valence-electron chi connectivity index (χ0n) is 9.45. The average Bonchev–Trinajstić information content (AvgIpc) is 2.21. The Bertz CT molecular complexity index is 363. The second-order valence-corrected chi connectivity index (χ2v) is 5.77. The summed E-state index contributed by atoms with van der Waals surface area (Å²) in [6.45, 7) is 4.46. The van der Waals surface area contributed by atoms with Gasteiger partial charge in [0.2, 0.25) is 3.79 Å². The van der Waals surface area contributed by atoms with Gasteiger partial charge in [-0.15, -0.1) is 0 Å². The minimum Gasteiger partial charge on any atom is -0.479 e. The molecule has 8 heteroatoms. The maximum Gasteiger partial charge on any atom is 0.408 e. The number of amides is 1. The summed E-state index contributed by atoms with van der Waals surface area (Å²) < 4.78 is 2.81. The number of aliphatic carboxylic acids is 1. The highest BCUT2D eigenvalue weighted by Gasteiger charge is 2.25. The second-order valence-electron chi connectivity index (χ2n) is 3.25. The van der Waals surface area contributed by atoms with E-state index in [1.54, 1.807) is 0 Å². The Labute approximate surface area is 119 Å². The van der Waals surface area contributed by atoms with Gasteiger partial charge in [-0.2, -0.15) is 0 Å². The van der Waals surface area contributed by atoms with Crippen LogP contribution in [-0.4, -0.2) is 33.6 Å². The van der Waals surface area contributed by atoms with Gasteiger partial charge in [-0.05, 0) is 12.5 Å². The number of allylic oxidation sites excluding steroid dienone is 2. The predicted octanol–water partition coefficient (Wildman–Crippen LogP) is 2.67. The summed E-state index contributed by atoms with van der Waals surface area (Å²) in [5.41, 5.74) is 0.378. The summed E-state index contributed by atoms with van der Waals surface area (Å²) in [7, 11) is 0. The summed E-state index contributed by atoms with van der Waals surface area (Å²) in [4.78, 5) is 22.2. The second kappa shape index (κ2) is 7.51. The van der Waals surface area contributed by atoms with Crippen LogP contribution in [0.2, 0.25) is 0 Å². The third-order valence-electron chi connectivity index (χ3n) is 1.71. The van der Waals surface area contributed by atoms with E-state index in [-0.39, 0.29) is 0 Å². The van der Waals surface area contributed by atoms with Crippen LogP contribution in [0.4, 0.5) is 4.79 Å². The van der Waals surface area contributed by atoms with E-state index in [9.17, 15) is 9.59 Å². The SMILES string of the molecule is C=C/C=C(\C)C(NC(=O)OCC(Cl)(Cl)Cl)C(=O)O. The summed E-state index contributed by atoms with van der Waals surface area (Å²) in [5, 5.41) is 11.0. The molecule has 0 aliphatic rings. The first-order valence-corrected chi connectivity index (χ1v) is 5.83. The number of halogens is 3. The van der Waals surface area contributed by atoms with Crippen molar-refractivity contribution in [2.75, 3.05) is 6.61 Å². The van der Waals surface area contributed by atoms with E-state index < -0.39 is 28.5 Å². The van der Waals surface area contributed by atoms with Gasteiger partial charge in [0, 0.05) is 0 Å². The molecule has 0 bridgehead atoms. The quantitative estimate of drug-likeness (QED) is 0.604. The Morgan fingerprint density at radius 1 is 1.50 bits per heavy atom. The minimum absolute atomic E-state index is 0.378. The van der Waals surface area contributed by atoms with Crippen molar-refractivity contribution in [3.63, 3.8) is 0 Å². The summed E-state index contributed by atoms with van der Waals surface area (Å²) in [5.74, 6) is -1.24. The van der Waals surface area contributed by atoms with E-state index in [2.05, 4.69) is 16.6 Å². The van der Waals surface area contributed by atoms with E-state index >= 15 is 0 Å². The zero-order chi connectivity index (χ0) is 14.3. The standard InChI is InChI=1S/C10H12Cl3NO4/c1-3-4-6(2)7(8(15)16)14-9(17)18-5-10(11,12)13/h3-4,7H,1,5H2,2H3,(H,14,17)(H,15,16)/b6-4+. The first-order chi connectivity index (χ1) is 8.17. The summed E-state index contributed by atoms with van der Waals surface area (Å²) in [6.07, 6.45) is 1.86. The molecule has 0 aromatic heterocycles. The summed E-state index contributed by atoms with van der Waals surface area (Å²) in [6, 6.07) is -1.23. The fourth-order valence-corrected chi connectivity index (χ4v) is 1.12. The third-order valence-corrected chi connectivity index (χ3v) is 2.04. The molecule has 0 spiro atoms. The number of carboxylic acid groups (broad SMARTS) is 1. The van der Waals surface area contributed by atoms with Crippen LogP contribution in [-0.2, 0) is 9.53 Å². The van der Waals surface area contributed by atoms with Gasteiger partial charge in [0.25, 0.3) is 0 Å². The molecule has 0 radical (unpaired) electrons. The van der Waals surface area contributed by atoms with Crippen LogP contribution >= 0.6 is 34.8 Å². The van der Waals surface area contributed by atoms with E-state index in [0.29, 0.717) is 5.57 Å². The molecule has 102 valence electrons. The number of hydrogen-bond donors (Lipinski definition) is 2. The van der Waals surface area contributed by atoms with Crippen molar-refractivity contribution >= 4 is 46.9 Å². The molecule has 5 nitrogen and oxygen atoms in total. The van der Waals surface area contributed by atoms with Gasteiger partial charge in [-0.1, -0.05) is 53.5 Å². The van der Waals surface area contributed by atoms with Gasteiger partial charge in [0.05, 0.1) is 0 Å². The Balaban J connectivity index is 4.52. The smallest absolute Gasteiger partial charge is 0.408 e. The first kappa shape index (κ1) is 17.1. The van der Waals surface area contributed by atoms with E-state index in [1.165, 1.54) is 19.1 Å². The van der Waals surface area contributed by atoms with E-state index in [0.717, 1.165) is 0 Å². The molecular weight excluding hydrogens is 304 g/mol. The molecule has 0 aromatic carbocycles. The number of carbonyl (C=O) groups is 2. The van der Waals surface area contributed by atoms with Gasteiger partial charge < -0.3 is 15.2 Å². The van der Waals surface area contributed by atoms with Crippen molar-refractivity contribution in [3.8, 4) is 0 Å². The third kappa shape index (κ3) is 7.42. The van der Waals surface area contributed by atoms with Crippen molar-refractivity contribution in [1.82, 2.24) is 5.32 Å². The fourth-order valence-electron chi connectivity index (χ4n) is 0.959. The lowest BCUT2D eigenvalue weighted by Crippen LogP contribution is -2.42.